The topological polar surface area (TPSA) is 97.0 Å². The molecule has 0 saturated carbocycles. The van der Waals surface area contributed by atoms with Crippen LogP contribution in [0.1, 0.15) is 12.5 Å². The number of anilines is 1. The zero-order valence-corrected chi connectivity index (χ0v) is 19.9. The van der Waals surface area contributed by atoms with Gasteiger partial charge in [-0.1, -0.05) is 12.1 Å². The second-order valence-electron chi connectivity index (χ2n) is 6.37. The molecular weight excluding hydrogens is 534 g/mol. The van der Waals surface area contributed by atoms with Crippen molar-refractivity contribution in [2.45, 2.75) is 6.92 Å². The molecule has 1 heterocycles. The lowest BCUT2D eigenvalue weighted by Crippen LogP contribution is -2.38. The van der Waals surface area contributed by atoms with Crippen LogP contribution in [0, 0.1) is 0 Å². The van der Waals surface area contributed by atoms with Gasteiger partial charge in [0.2, 0.25) is 5.91 Å². The van der Waals surface area contributed by atoms with E-state index in [9.17, 15) is 14.4 Å². The van der Waals surface area contributed by atoms with E-state index in [1.54, 1.807) is 36.4 Å². The fourth-order valence-corrected chi connectivity index (χ4v) is 4.36. The number of hydrogen-bond acceptors (Lipinski definition) is 5. The zero-order chi connectivity index (χ0) is 22.5. The SMILES string of the molecule is CCOc1c(Br)cc(/C=C2/NC(=O)N(CC(=O)Nc3ccccc3OC)C2=O)cc1Br. The van der Waals surface area contributed by atoms with Crippen molar-refractivity contribution in [3.05, 3.63) is 56.6 Å². The van der Waals surface area contributed by atoms with Gasteiger partial charge in [-0.3, -0.25) is 9.59 Å². The normalized spacial score (nSPS) is 14.6. The Hall–Kier alpha value is -2.85. The molecule has 0 radical (unpaired) electrons. The van der Waals surface area contributed by atoms with E-state index in [0.29, 0.717) is 38.3 Å². The highest BCUT2D eigenvalue weighted by atomic mass is 79.9. The van der Waals surface area contributed by atoms with Gasteiger partial charge in [0.25, 0.3) is 5.91 Å². The predicted octanol–water partition coefficient (Wildman–Crippen LogP) is 4.15. The number of imide groups is 1. The van der Waals surface area contributed by atoms with E-state index < -0.39 is 24.4 Å². The molecule has 10 heteroatoms. The van der Waals surface area contributed by atoms with Crippen molar-refractivity contribution in [1.82, 2.24) is 10.2 Å². The number of methoxy groups -OCH3 is 1. The average Bonchev–Trinajstić information content (AvgIpc) is 2.98. The number of amides is 4. The summed E-state index contributed by atoms with van der Waals surface area (Å²) in [5.74, 6) is -0.0107. The molecule has 0 atom stereocenters. The van der Waals surface area contributed by atoms with E-state index in [0.717, 1.165) is 4.90 Å². The Morgan fingerprint density at radius 3 is 2.52 bits per heavy atom. The van der Waals surface area contributed by atoms with E-state index in [-0.39, 0.29) is 5.70 Å². The molecule has 1 fully saturated rings. The van der Waals surface area contributed by atoms with Gasteiger partial charge < -0.3 is 20.1 Å². The number of nitrogens with one attached hydrogen (secondary N) is 2. The summed E-state index contributed by atoms with van der Waals surface area (Å²) >= 11 is 6.87. The van der Waals surface area contributed by atoms with Gasteiger partial charge in [-0.2, -0.15) is 0 Å². The van der Waals surface area contributed by atoms with E-state index in [1.165, 1.54) is 13.2 Å². The Labute approximate surface area is 195 Å². The quantitative estimate of drug-likeness (QED) is 0.397. The van der Waals surface area contributed by atoms with E-state index >= 15 is 0 Å². The third-order valence-corrected chi connectivity index (χ3v) is 5.44. The average molecular weight is 553 g/mol. The van der Waals surface area contributed by atoms with Crippen LogP contribution in [-0.2, 0) is 9.59 Å². The first kappa shape index (κ1) is 22.8. The number of carbonyl (C=O) groups is 3. The summed E-state index contributed by atoms with van der Waals surface area (Å²) in [4.78, 5) is 38.2. The Bertz CT molecular complexity index is 1050. The van der Waals surface area contributed by atoms with Gasteiger partial charge >= 0.3 is 6.03 Å². The first-order valence-corrected chi connectivity index (χ1v) is 10.8. The fraction of sp³-hybridized carbons (Fsp3) is 0.190. The van der Waals surface area contributed by atoms with Crippen LogP contribution in [0.15, 0.2) is 51.0 Å². The van der Waals surface area contributed by atoms with Gasteiger partial charge in [0, 0.05) is 0 Å². The number of carbonyl (C=O) groups excluding carboxylic acids is 3. The van der Waals surface area contributed by atoms with Crippen molar-refractivity contribution < 1.29 is 23.9 Å². The Kier molecular flexibility index (Phi) is 7.34. The van der Waals surface area contributed by atoms with Crippen molar-refractivity contribution >= 4 is 61.5 Å². The lowest BCUT2D eigenvalue weighted by Gasteiger charge is -2.13. The summed E-state index contributed by atoms with van der Waals surface area (Å²) in [5.41, 5.74) is 1.17. The summed E-state index contributed by atoms with van der Waals surface area (Å²) in [6.45, 7) is 1.94. The van der Waals surface area contributed by atoms with Gasteiger partial charge in [0.05, 0.1) is 28.3 Å². The fourth-order valence-electron chi connectivity index (χ4n) is 2.91. The molecule has 162 valence electrons. The first-order chi connectivity index (χ1) is 14.8. The minimum atomic E-state index is -0.671. The molecule has 0 unspecified atom stereocenters. The first-order valence-electron chi connectivity index (χ1n) is 9.23. The van der Waals surface area contributed by atoms with Crippen molar-refractivity contribution in [1.29, 1.82) is 0 Å². The van der Waals surface area contributed by atoms with Crippen LogP contribution < -0.4 is 20.1 Å². The molecule has 0 aromatic heterocycles. The Balaban J connectivity index is 1.74. The van der Waals surface area contributed by atoms with E-state index in [4.69, 9.17) is 9.47 Å². The molecule has 2 aromatic carbocycles. The molecular formula is C21H19Br2N3O5. The molecule has 4 amide bonds. The van der Waals surface area contributed by atoms with Crippen LogP contribution in [0.3, 0.4) is 0 Å². The van der Waals surface area contributed by atoms with Crippen molar-refractivity contribution in [2.24, 2.45) is 0 Å². The molecule has 3 rings (SSSR count). The van der Waals surface area contributed by atoms with Crippen molar-refractivity contribution in [2.75, 3.05) is 25.6 Å². The van der Waals surface area contributed by atoms with E-state index in [1.807, 2.05) is 6.92 Å². The summed E-state index contributed by atoms with van der Waals surface area (Å²) in [5, 5.41) is 5.15. The largest absolute Gasteiger partial charge is 0.495 e. The van der Waals surface area contributed by atoms with Gasteiger partial charge in [-0.25, -0.2) is 9.69 Å². The van der Waals surface area contributed by atoms with E-state index in [2.05, 4.69) is 42.5 Å². The van der Waals surface area contributed by atoms with Crippen LogP contribution in [0.2, 0.25) is 0 Å². The highest BCUT2D eigenvalue weighted by Crippen LogP contribution is 2.35. The van der Waals surface area contributed by atoms with Crippen LogP contribution in [0.25, 0.3) is 6.08 Å². The second kappa shape index (κ2) is 9.97. The van der Waals surface area contributed by atoms with Gasteiger partial charge in [0.1, 0.15) is 23.7 Å². The monoisotopic (exact) mass is 551 g/mol. The highest BCUT2D eigenvalue weighted by molar-refractivity contribution is 9.11. The molecule has 2 aromatic rings. The number of nitrogens with zero attached hydrogens (tertiary/aromatic N) is 1. The second-order valence-corrected chi connectivity index (χ2v) is 8.08. The maximum atomic E-state index is 12.7. The number of urea groups is 1. The van der Waals surface area contributed by atoms with Gasteiger partial charge in [-0.15, -0.1) is 0 Å². The molecule has 2 N–H and O–H groups in total. The number of hydrogen-bond donors (Lipinski definition) is 2. The smallest absolute Gasteiger partial charge is 0.329 e. The summed E-state index contributed by atoms with van der Waals surface area (Å²) in [7, 11) is 1.48. The van der Waals surface area contributed by atoms with Gasteiger partial charge in [0.15, 0.2) is 0 Å². The minimum absolute atomic E-state index is 0.0676. The lowest BCUT2D eigenvalue weighted by molar-refractivity contribution is -0.127. The summed E-state index contributed by atoms with van der Waals surface area (Å²) < 4.78 is 12.1. The zero-order valence-electron chi connectivity index (χ0n) is 16.7. The van der Waals surface area contributed by atoms with Crippen molar-refractivity contribution in [3.8, 4) is 11.5 Å². The number of halogens is 2. The third kappa shape index (κ3) is 5.26. The Morgan fingerprint density at radius 2 is 1.87 bits per heavy atom. The molecule has 0 spiro atoms. The number of rotatable bonds is 7. The standard InChI is InChI=1S/C21H19Br2N3O5/c1-3-31-19-13(22)8-12(9-14(19)23)10-16-20(28)26(21(29)25-16)11-18(27)24-15-6-4-5-7-17(15)30-2/h4-10H,3,11H2,1-2H3,(H,24,27)(H,25,29)/b16-10+. The number of ether oxygens (including phenoxy) is 2. The highest BCUT2D eigenvalue weighted by Gasteiger charge is 2.35. The molecule has 1 aliphatic heterocycles. The van der Waals surface area contributed by atoms with Crippen LogP contribution in [-0.4, -0.2) is 43.0 Å². The lowest BCUT2D eigenvalue weighted by atomic mass is 10.2. The van der Waals surface area contributed by atoms with Crippen LogP contribution in [0.5, 0.6) is 11.5 Å². The molecule has 1 saturated heterocycles. The number of benzene rings is 2. The van der Waals surface area contributed by atoms with Crippen molar-refractivity contribution in [3.63, 3.8) is 0 Å². The Morgan fingerprint density at radius 1 is 1.19 bits per heavy atom. The van der Waals surface area contributed by atoms with Gasteiger partial charge in [-0.05, 0) is 74.7 Å². The maximum absolute atomic E-state index is 12.7. The molecule has 1 aliphatic rings. The molecule has 0 aliphatic carbocycles. The third-order valence-electron chi connectivity index (χ3n) is 4.27. The molecule has 8 nitrogen and oxygen atoms in total. The van der Waals surface area contributed by atoms with Crippen LogP contribution >= 0.6 is 31.9 Å². The minimum Gasteiger partial charge on any atom is -0.495 e. The molecule has 31 heavy (non-hydrogen) atoms. The predicted molar refractivity (Wildman–Crippen MR) is 123 cm³/mol. The maximum Gasteiger partial charge on any atom is 0.329 e. The summed E-state index contributed by atoms with van der Waals surface area (Å²) in [6.07, 6.45) is 1.53. The van der Waals surface area contributed by atoms with Crippen LogP contribution in [0.4, 0.5) is 10.5 Å². The number of para-hydroxylation sites is 2. The molecule has 0 bridgehead atoms. The summed E-state index contributed by atoms with van der Waals surface area (Å²) in [6, 6.07) is 9.71.